The van der Waals surface area contributed by atoms with Crippen molar-refractivity contribution < 1.29 is 4.79 Å². The molecule has 2 N–H and O–H groups in total. The molecule has 0 unspecified atom stereocenters. The molecule has 0 aromatic heterocycles. The highest BCUT2D eigenvalue weighted by Gasteiger charge is 2.32. The summed E-state index contributed by atoms with van der Waals surface area (Å²) in [5, 5.41) is 6.59. The van der Waals surface area contributed by atoms with Gasteiger partial charge in [-0.2, -0.15) is 11.8 Å². The average Bonchev–Trinajstić information content (AvgIpc) is 2.47. The topological polar surface area (TPSA) is 41.1 Å². The first kappa shape index (κ1) is 15.2. The Labute approximate surface area is 121 Å². The van der Waals surface area contributed by atoms with Crippen LogP contribution in [-0.4, -0.2) is 36.5 Å². The minimum Gasteiger partial charge on any atom is -0.356 e. The van der Waals surface area contributed by atoms with Gasteiger partial charge in [-0.25, -0.2) is 0 Å². The lowest BCUT2D eigenvalue weighted by atomic mass is 9.79. The van der Waals surface area contributed by atoms with E-state index in [2.05, 4.69) is 10.6 Å². The molecule has 0 bridgehead atoms. The van der Waals surface area contributed by atoms with Crippen molar-refractivity contribution in [3.63, 3.8) is 0 Å². The van der Waals surface area contributed by atoms with E-state index in [9.17, 15) is 4.79 Å². The van der Waals surface area contributed by atoms with Crippen LogP contribution >= 0.6 is 11.8 Å². The van der Waals surface area contributed by atoms with E-state index in [0.717, 1.165) is 19.4 Å². The van der Waals surface area contributed by atoms with Gasteiger partial charge in [0.15, 0.2) is 0 Å². The van der Waals surface area contributed by atoms with Gasteiger partial charge in [0.05, 0.1) is 0 Å². The Kier molecular flexibility index (Phi) is 6.02. The fourth-order valence-corrected chi connectivity index (χ4v) is 4.53. The molecule has 1 aliphatic heterocycles. The molecule has 3 nitrogen and oxygen atoms in total. The van der Waals surface area contributed by atoms with Gasteiger partial charge in [0.1, 0.15) is 0 Å². The molecule has 2 aliphatic rings. The van der Waals surface area contributed by atoms with Gasteiger partial charge in [0, 0.05) is 18.5 Å². The number of thioether (sulfide) groups is 1. The Morgan fingerprint density at radius 2 is 1.89 bits per heavy atom. The van der Waals surface area contributed by atoms with Crippen LogP contribution in [0.5, 0.6) is 0 Å². The molecule has 1 amide bonds. The third-order valence-electron chi connectivity index (χ3n) is 4.77. The Morgan fingerprint density at radius 3 is 2.53 bits per heavy atom. The Morgan fingerprint density at radius 1 is 1.21 bits per heavy atom. The second-order valence-corrected chi connectivity index (χ2v) is 7.35. The second kappa shape index (κ2) is 7.53. The lowest BCUT2D eigenvalue weighted by molar-refractivity contribution is -0.123. The van der Waals surface area contributed by atoms with Gasteiger partial charge >= 0.3 is 0 Å². The normalized spacial score (nSPS) is 24.1. The monoisotopic (exact) mass is 284 g/mol. The van der Waals surface area contributed by atoms with Crippen molar-refractivity contribution in [2.45, 2.75) is 56.9 Å². The first-order chi connectivity index (χ1) is 9.24. The largest absolute Gasteiger partial charge is 0.356 e. The zero-order chi connectivity index (χ0) is 13.6. The van der Waals surface area contributed by atoms with Crippen LogP contribution in [0.4, 0.5) is 0 Å². The number of carbonyl (C=O) groups is 1. The molecule has 2 fully saturated rings. The molecule has 0 aromatic rings. The van der Waals surface area contributed by atoms with Crippen LogP contribution in [-0.2, 0) is 4.79 Å². The van der Waals surface area contributed by atoms with Crippen molar-refractivity contribution in [1.29, 1.82) is 0 Å². The number of nitrogens with one attached hydrogen (secondary N) is 2. The zero-order valence-electron chi connectivity index (χ0n) is 12.2. The summed E-state index contributed by atoms with van der Waals surface area (Å²) in [5.74, 6) is 3.48. The summed E-state index contributed by atoms with van der Waals surface area (Å²) in [6, 6.07) is 0. The third-order valence-corrected chi connectivity index (χ3v) is 5.82. The third kappa shape index (κ3) is 4.67. The average molecular weight is 284 g/mol. The fraction of sp³-hybridized carbons (Fsp3) is 0.933. The molecule has 0 aromatic carbocycles. The van der Waals surface area contributed by atoms with Crippen LogP contribution < -0.4 is 10.6 Å². The zero-order valence-corrected chi connectivity index (χ0v) is 13.0. The standard InChI is InChI=1S/C15H28N2OS/c1-16-15(7-3-2-4-8-15)11-14(18)17-12-13-5-9-19-10-6-13/h13,16H,2-12H2,1H3,(H,17,18). The van der Waals surface area contributed by atoms with E-state index >= 15 is 0 Å². The van der Waals surface area contributed by atoms with E-state index in [1.807, 2.05) is 18.8 Å². The molecule has 1 aliphatic carbocycles. The minimum atomic E-state index is 0.0742. The second-order valence-electron chi connectivity index (χ2n) is 6.13. The first-order valence-electron chi connectivity index (χ1n) is 7.77. The van der Waals surface area contributed by atoms with E-state index in [4.69, 9.17) is 0 Å². The maximum Gasteiger partial charge on any atom is 0.221 e. The van der Waals surface area contributed by atoms with Crippen molar-refractivity contribution in [3.8, 4) is 0 Å². The number of carbonyl (C=O) groups excluding carboxylic acids is 1. The molecule has 110 valence electrons. The van der Waals surface area contributed by atoms with Gasteiger partial charge in [0.25, 0.3) is 0 Å². The molecule has 1 saturated carbocycles. The minimum absolute atomic E-state index is 0.0742. The predicted molar refractivity (Wildman–Crippen MR) is 82.6 cm³/mol. The van der Waals surface area contributed by atoms with Crippen LogP contribution in [0.2, 0.25) is 0 Å². The quantitative estimate of drug-likeness (QED) is 0.815. The van der Waals surface area contributed by atoms with Crippen LogP contribution in [0.3, 0.4) is 0 Å². The highest BCUT2D eigenvalue weighted by atomic mass is 32.2. The number of hydrogen-bond donors (Lipinski definition) is 2. The SMILES string of the molecule is CNC1(CC(=O)NCC2CCSCC2)CCCCC1. The van der Waals surface area contributed by atoms with Gasteiger partial charge < -0.3 is 10.6 Å². The van der Waals surface area contributed by atoms with E-state index < -0.39 is 0 Å². The van der Waals surface area contributed by atoms with Gasteiger partial charge in [-0.3, -0.25) is 4.79 Å². The molecular weight excluding hydrogens is 256 g/mol. The van der Waals surface area contributed by atoms with Crippen LogP contribution in [0.1, 0.15) is 51.4 Å². The summed E-state index contributed by atoms with van der Waals surface area (Å²) in [4.78, 5) is 12.2. The smallest absolute Gasteiger partial charge is 0.221 e. The molecular formula is C15H28N2OS. The van der Waals surface area contributed by atoms with Crippen molar-refractivity contribution in [2.75, 3.05) is 25.1 Å². The Hall–Kier alpha value is -0.220. The van der Waals surface area contributed by atoms with Crippen LogP contribution in [0, 0.1) is 5.92 Å². The predicted octanol–water partition coefficient (Wildman–Crippen LogP) is 2.56. The summed E-state index contributed by atoms with van der Waals surface area (Å²) < 4.78 is 0. The van der Waals surface area contributed by atoms with Crippen LogP contribution in [0.15, 0.2) is 0 Å². The van der Waals surface area contributed by atoms with Crippen LogP contribution in [0.25, 0.3) is 0 Å². The van der Waals surface area contributed by atoms with Gasteiger partial charge in [-0.1, -0.05) is 19.3 Å². The lowest BCUT2D eigenvalue weighted by Crippen LogP contribution is -2.48. The van der Waals surface area contributed by atoms with E-state index in [1.54, 1.807) is 0 Å². The summed E-state index contributed by atoms with van der Waals surface area (Å²) in [6.45, 7) is 0.888. The van der Waals surface area contributed by atoms with Gasteiger partial charge in [-0.05, 0) is 50.2 Å². The van der Waals surface area contributed by atoms with Gasteiger partial charge in [-0.15, -0.1) is 0 Å². The molecule has 1 saturated heterocycles. The highest BCUT2D eigenvalue weighted by molar-refractivity contribution is 7.99. The van der Waals surface area contributed by atoms with E-state index in [-0.39, 0.29) is 11.4 Å². The number of rotatable bonds is 5. The number of hydrogen-bond acceptors (Lipinski definition) is 3. The fourth-order valence-electron chi connectivity index (χ4n) is 3.32. The van der Waals surface area contributed by atoms with Crippen molar-refractivity contribution >= 4 is 17.7 Å². The van der Waals surface area contributed by atoms with Crippen molar-refractivity contribution in [2.24, 2.45) is 5.92 Å². The molecule has 1 heterocycles. The van der Waals surface area contributed by atoms with Gasteiger partial charge in [0.2, 0.25) is 5.91 Å². The van der Waals surface area contributed by atoms with E-state index in [1.165, 1.54) is 43.6 Å². The maximum absolute atomic E-state index is 12.2. The first-order valence-corrected chi connectivity index (χ1v) is 8.93. The summed E-state index contributed by atoms with van der Waals surface area (Å²) >= 11 is 2.04. The summed E-state index contributed by atoms with van der Waals surface area (Å²) in [6.07, 6.45) is 9.33. The number of amides is 1. The molecule has 4 heteroatoms. The summed E-state index contributed by atoms with van der Waals surface area (Å²) in [5.41, 5.74) is 0.0742. The Balaban J connectivity index is 1.72. The molecule has 2 rings (SSSR count). The summed E-state index contributed by atoms with van der Waals surface area (Å²) in [7, 11) is 2.01. The van der Waals surface area contributed by atoms with Crippen molar-refractivity contribution in [3.05, 3.63) is 0 Å². The molecule has 19 heavy (non-hydrogen) atoms. The molecule has 0 atom stereocenters. The highest BCUT2D eigenvalue weighted by Crippen LogP contribution is 2.30. The van der Waals surface area contributed by atoms with Crippen molar-refractivity contribution in [1.82, 2.24) is 10.6 Å². The van der Waals surface area contributed by atoms with E-state index in [0.29, 0.717) is 12.3 Å². The lowest BCUT2D eigenvalue weighted by Gasteiger charge is -2.36. The Bertz CT molecular complexity index is 284. The molecule has 0 radical (unpaired) electrons. The molecule has 0 spiro atoms. The maximum atomic E-state index is 12.2.